The lowest BCUT2D eigenvalue weighted by atomic mass is 10.00. The molecule has 5 nitrogen and oxygen atoms in total. The summed E-state index contributed by atoms with van der Waals surface area (Å²) in [6.45, 7) is 7.83. The van der Waals surface area contributed by atoms with Crippen LogP contribution in [0.25, 0.3) is 16.6 Å². The van der Waals surface area contributed by atoms with Crippen molar-refractivity contribution in [1.82, 2.24) is 15.1 Å². The number of aryl methyl sites for hydroxylation is 1. The molecular formula is C28H30FN3O2. The second-order valence-electron chi connectivity index (χ2n) is 8.84. The van der Waals surface area contributed by atoms with Gasteiger partial charge in [-0.05, 0) is 66.9 Å². The predicted molar refractivity (Wildman–Crippen MR) is 133 cm³/mol. The summed E-state index contributed by atoms with van der Waals surface area (Å²) in [7, 11) is 0. The van der Waals surface area contributed by atoms with E-state index in [2.05, 4.69) is 41.6 Å². The van der Waals surface area contributed by atoms with Gasteiger partial charge in [0.25, 0.3) is 0 Å². The highest BCUT2D eigenvalue weighted by molar-refractivity contribution is 5.82. The van der Waals surface area contributed by atoms with Gasteiger partial charge in [-0.2, -0.15) is 5.10 Å². The van der Waals surface area contributed by atoms with Gasteiger partial charge in [-0.25, -0.2) is 9.07 Å². The Kier molecular flexibility index (Phi) is 6.96. The molecule has 0 radical (unpaired) electrons. The third kappa shape index (κ3) is 5.11. The minimum Gasteiger partial charge on any atom is -0.484 e. The summed E-state index contributed by atoms with van der Waals surface area (Å²) in [5.74, 6) is 0.274. The molecule has 0 saturated carbocycles. The molecule has 0 aliphatic heterocycles. The maximum atomic E-state index is 13.3. The third-order valence-corrected chi connectivity index (χ3v) is 5.94. The molecule has 1 heterocycles. The molecule has 2 atom stereocenters. The van der Waals surface area contributed by atoms with Gasteiger partial charge in [0.1, 0.15) is 17.7 Å². The maximum absolute atomic E-state index is 13.3. The lowest BCUT2D eigenvalue weighted by molar-refractivity contribution is -0.125. The summed E-state index contributed by atoms with van der Waals surface area (Å²) in [6.07, 6.45) is 2.36. The number of nitrogens with zero attached hydrogens (tertiary/aromatic N) is 2. The molecule has 0 saturated heterocycles. The summed E-state index contributed by atoms with van der Waals surface area (Å²) < 4.78 is 21.5. The molecule has 0 fully saturated rings. The quantitative estimate of drug-likeness (QED) is 0.351. The normalized spacial score (nSPS) is 13.1. The highest BCUT2D eigenvalue weighted by Crippen LogP contribution is 2.29. The second-order valence-corrected chi connectivity index (χ2v) is 8.84. The molecule has 3 aromatic carbocycles. The summed E-state index contributed by atoms with van der Waals surface area (Å²) in [5.41, 5.74) is 3.92. The van der Waals surface area contributed by atoms with Gasteiger partial charge in [0, 0.05) is 11.3 Å². The van der Waals surface area contributed by atoms with Crippen LogP contribution in [-0.2, 0) is 11.2 Å². The highest BCUT2D eigenvalue weighted by atomic mass is 19.1. The topological polar surface area (TPSA) is 56.1 Å². The number of hydrogen-bond acceptors (Lipinski definition) is 3. The fourth-order valence-electron chi connectivity index (χ4n) is 3.89. The standard InChI is InChI=1S/C28H30FN3O2/c1-5-20-6-8-21(9-7-20)27(19(4)31-28(33)18(2)3)34-25-14-15-26-22(16-25)17-30-32(26)24-12-10-23(29)11-13-24/h6-19,27H,5H2,1-4H3,(H,31,33). The van der Waals surface area contributed by atoms with Crippen molar-refractivity contribution in [3.05, 3.63) is 89.9 Å². The molecule has 1 aromatic heterocycles. The Morgan fingerprint density at radius 3 is 2.38 bits per heavy atom. The summed E-state index contributed by atoms with van der Waals surface area (Å²) in [4.78, 5) is 12.4. The molecule has 0 bridgehead atoms. The van der Waals surface area contributed by atoms with Gasteiger partial charge in [-0.15, -0.1) is 0 Å². The van der Waals surface area contributed by atoms with Crippen LogP contribution in [0.2, 0.25) is 0 Å². The number of amides is 1. The first-order valence-corrected chi connectivity index (χ1v) is 11.6. The van der Waals surface area contributed by atoms with Crippen LogP contribution >= 0.6 is 0 Å². The Bertz CT molecular complexity index is 1260. The Labute approximate surface area is 199 Å². The number of aromatic nitrogens is 2. The Morgan fingerprint density at radius 1 is 1.03 bits per heavy atom. The van der Waals surface area contributed by atoms with E-state index in [0.29, 0.717) is 5.75 Å². The molecule has 176 valence electrons. The first-order chi connectivity index (χ1) is 16.4. The van der Waals surface area contributed by atoms with Crippen LogP contribution in [0, 0.1) is 11.7 Å². The van der Waals surface area contributed by atoms with E-state index in [-0.39, 0.29) is 29.8 Å². The van der Waals surface area contributed by atoms with E-state index >= 15 is 0 Å². The minimum atomic E-state index is -0.363. The first-order valence-electron chi connectivity index (χ1n) is 11.6. The third-order valence-electron chi connectivity index (χ3n) is 5.94. The van der Waals surface area contributed by atoms with E-state index in [9.17, 15) is 9.18 Å². The number of carbonyl (C=O) groups excluding carboxylic acids is 1. The largest absolute Gasteiger partial charge is 0.484 e. The molecule has 6 heteroatoms. The van der Waals surface area contributed by atoms with Crippen LogP contribution in [0.3, 0.4) is 0 Å². The van der Waals surface area contributed by atoms with Gasteiger partial charge >= 0.3 is 0 Å². The zero-order valence-corrected chi connectivity index (χ0v) is 20.0. The number of nitrogens with one attached hydrogen (secondary N) is 1. The van der Waals surface area contributed by atoms with E-state index in [4.69, 9.17) is 4.74 Å². The Hall–Kier alpha value is -3.67. The summed E-state index contributed by atoms with van der Waals surface area (Å²) >= 11 is 0. The number of benzene rings is 3. The molecule has 0 aliphatic carbocycles. The van der Waals surface area contributed by atoms with Crippen molar-refractivity contribution in [3.63, 3.8) is 0 Å². The average Bonchev–Trinajstić information content (AvgIpc) is 3.26. The van der Waals surface area contributed by atoms with Crippen LogP contribution in [0.1, 0.15) is 44.9 Å². The number of rotatable bonds is 8. The van der Waals surface area contributed by atoms with Crippen LogP contribution in [0.5, 0.6) is 5.75 Å². The van der Waals surface area contributed by atoms with E-state index in [1.54, 1.807) is 23.0 Å². The zero-order valence-electron chi connectivity index (χ0n) is 20.0. The zero-order chi connectivity index (χ0) is 24.2. The molecule has 4 aromatic rings. The van der Waals surface area contributed by atoms with E-state index < -0.39 is 0 Å². The van der Waals surface area contributed by atoms with E-state index in [1.807, 2.05) is 39.0 Å². The average molecular weight is 460 g/mol. The number of ether oxygens (including phenoxy) is 1. The number of fused-ring (bicyclic) bond motifs is 1. The van der Waals surface area contributed by atoms with Crippen molar-refractivity contribution in [2.45, 2.75) is 46.3 Å². The van der Waals surface area contributed by atoms with Crippen molar-refractivity contribution in [2.75, 3.05) is 0 Å². The van der Waals surface area contributed by atoms with Gasteiger partial charge in [0.05, 0.1) is 23.4 Å². The smallest absolute Gasteiger partial charge is 0.222 e. The monoisotopic (exact) mass is 459 g/mol. The summed E-state index contributed by atoms with van der Waals surface area (Å²) in [6, 6.07) is 20.1. The molecule has 34 heavy (non-hydrogen) atoms. The van der Waals surface area contributed by atoms with Crippen molar-refractivity contribution < 1.29 is 13.9 Å². The van der Waals surface area contributed by atoms with Crippen LogP contribution in [0.4, 0.5) is 4.39 Å². The fourth-order valence-corrected chi connectivity index (χ4v) is 3.89. The van der Waals surface area contributed by atoms with Crippen molar-refractivity contribution >= 4 is 16.8 Å². The Balaban J connectivity index is 1.63. The van der Waals surface area contributed by atoms with Gasteiger partial charge in [-0.1, -0.05) is 45.0 Å². The predicted octanol–water partition coefficient (Wildman–Crippen LogP) is 6.01. The van der Waals surface area contributed by atoms with Crippen LogP contribution in [-0.4, -0.2) is 21.7 Å². The van der Waals surface area contributed by atoms with Crippen molar-refractivity contribution in [2.24, 2.45) is 5.92 Å². The molecule has 1 amide bonds. The van der Waals surface area contributed by atoms with E-state index in [1.165, 1.54) is 17.7 Å². The SMILES string of the molecule is CCc1ccc(C(Oc2ccc3c(cnn3-c3ccc(F)cc3)c2)C(C)NC(=O)C(C)C)cc1. The van der Waals surface area contributed by atoms with Crippen molar-refractivity contribution in [1.29, 1.82) is 0 Å². The Morgan fingerprint density at radius 2 is 1.74 bits per heavy atom. The number of hydrogen-bond donors (Lipinski definition) is 1. The molecule has 0 spiro atoms. The lowest BCUT2D eigenvalue weighted by Gasteiger charge is -2.27. The van der Waals surface area contributed by atoms with Crippen molar-refractivity contribution in [3.8, 4) is 11.4 Å². The van der Waals surface area contributed by atoms with Gasteiger partial charge in [-0.3, -0.25) is 4.79 Å². The molecule has 1 N–H and O–H groups in total. The van der Waals surface area contributed by atoms with Gasteiger partial charge in [0.2, 0.25) is 5.91 Å². The van der Waals surface area contributed by atoms with Gasteiger partial charge in [0.15, 0.2) is 0 Å². The summed E-state index contributed by atoms with van der Waals surface area (Å²) in [5, 5.41) is 8.45. The molecular weight excluding hydrogens is 429 g/mol. The molecule has 2 unspecified atom stereocenters. The molecule has 4 rings (SSSR count). The highest BCUT2D eigenvalue weighted by Gasteiger charge is 2.24. The van der Waals surface area contributed by atoms with Gasteiger partial charge < -0.3 is 10.1 Å². The van der Waals surface area contributed by atoms with E-state index in [0.717, 1.165) is 28.6 Å². The number of halogens is 1. The van der Waals surface area contributed by atoms with Crippen LogP contribution < -0.4 is 10.1 Å². The molecule has 0 aliphatic rings. The second kappa shape index (κ2) is 10.1. The number of carbonyl (C=O) groups is 1. The maximum Gasteiger partial charge on any atom is 0.222 e. The fraction of sp³-hybridized carbons (Fsp3) is 0.286. The van der Waals surface area contributed by atoms with Crippen LogP contribution in [0.15, 0.2) is 72.9 Å². The minimum absolute atomic E-state index is 0.0118. The first kappa shape index (κ1) is 23.5. The lowest BCUT2D eigenvalue weighted by Crippen LogP contribution is -2.41.